The largest absolute Gasteiger partial charge is 0.285 e. The molecule has 0 aromatic carbocycles. The summed E-state index contributed by atoms with van der Waals surface area (Å²) in [6.45, 7) is 21.2. The zero-order valence-electron chi connectivity index (χ0n) is 17.6. The third-order valence-corrected chi connectivity index (χ3v) is 2.54. The molecule has 0 bridgehead atoms. The molecule has 0 atom stereocenters. The molecule has 0 saturated heterocycles. The van der Waals surface area contributed by atoms with Crippen LogP contribution in [0.1, 0.15) is 72.9 Å². The molecule has 0 saturated carbocycles. The monoisotopic (exact) mass is 344 g/mol. The van der Waals surface area contributed by atoms with Gasteiger partial charge in [-0.1, -0.05) is 84.6 Å². The second kappa shape index (κ2) is 19.8. The smallest absolute Gasteiger partial charge is 0.229 e. The van der Waals surface area contributed by atoms with Crippen molar-refractivity contribution in [2.24, 2.45) is 0 Å². The minimum atomic E-state index is -0.172. The van der Waals surface area contributed by atoms with Gasteiger partial charge in [0.1, 0.15) is 0 Å². The van der Waals surface area contributed by atoms with Crippen molar-refractivity contribution >= 4 is 17.9 Å². The van der Waals surface area contributed by atoms with Crippen molar-refractivity contribution in [2.45, 2.75) is 62.3 Å². The fourth-order valence-electron chi connectivity index (χ4n) is 1.61. The number of aromatic nitrogens is 2. The number of ketones is 1. The second-order valence-electron chi connectivity index (χ2n) is 3.80. The molecule has 0 aliphatic rings. The first-order chi connectivity index (χ1) is 12.2. The number of hydrogen-bond acceptors (Lipinski definition) is 3. The predicted octanol–water partition coefficient (Wildman–Crippen LogP) is 5.03. The van der Waals surface area contributed by atoms with Gasteiger partial charge in [-0.3, -0.25) is 4.79 Å². The summed E-state index contributed by atoms with van der Waals surface area (Å²) < 4.78 is 0. The lowest BCUT2D eigenvalue weighted by molar-refractivity contribution is 0.102. The highest BCUT2D eigenvalue weighted by molar-refractivity contribution is 6.08. The molecular weight excluding hydrogens is 308 g/mol. The summed E-state index contributed by atoms with van der Waals surface area (Å²) in [6, 6.07) is 0. The lowest BCUT2D eigenvalue weighted by atomic mass is 10.1. The summed E-state index contributed by atoms with van der Waals surface area (Å²) in [6.07, 6.45) is 12.3. The standard InChI is InChI=1S/C16H18N2O.3C2H6/c1-5-9-12(7-3)15(19)16-17-11-13(10-6-2)14(8-4)18-16;3*1-2/h5-11H,2H2,1,3-4H3;3*1-2H3/b9-5-,12-7+,13-10-,14-8+;;;. The number of Topliss-reactive ketones (excluding diaryl/α,β-unsaturated/α-hetero) is 1. The van der Waals surface area contributed by atoms with Crippen LogP contribution in [0.2, 0.25) is 0 Å². The fraction of sp³-hybridized carbons (Fsp3) is 0.409. The lowest BCUT2D eigenvalue weighted by Crippen LogP contribution is -2.31. The Labute approximate surface area is 154 Å². The van der Waals surface area contributed by atoms with Gasteiger partial charge in [-0.25, -0.2) is 9.97 Å². The molecule has 3 heteroatoms. The van der Waals surface area contributed by atoms with Crippen LogP contribution in [0.25, 0.3) is 12.2 Å². The molecule has 0 aliphatic carbocycles. The van der Waals surface area contributed by atoms with Crippen molar-refractivity contribution in [3.8, 4) is 0 Å². The van der Waals surface area contributed by atoms with Gasteiger partial charge in [-0.2, -0.15) is 0 Å². The van der Waals surface area contributed by atoms with E-state index in [1.54, 1.807) is 24.4 Å². The van der Waals surface area contributed by atoms with Crippen molar-refractivity contribution < 1.29 is 4.79 Å². The van der Waals surface area contributed by atoms with Crippen molar-refractivity contribution in [3.63, 3.8) is 0 Å². The van der Waals surface area contributed by atoms with Gasteiger partial charge in [0.15, 0.2) is 0 Å². The van der Waals surface area contributed by atoms with Gasteiger partial charge in [0.25, 0.3) is 0 Å². The quantitative estimate of drug-likeness (QED) is 0.437. The van der Waals surface area contributed by atoms with E-state index < -0.39 is 0 Å². The maximum atomic E-state index is 12.2. The van der Waals surface area contributed by atoms with Gasteiger partial charge in [-0.05, 0) is 20.8 Å². The lowest BCUT2D eigenvalue weighted by Gasteiger charge is -2.00. The molecule has 1 aromatic heterocycles. The molecule has 0 radical (unpaired) electrons. The highest BCUT2D eigenvalue weighted by Crippen LogP contribution is 2.03. The summed E-state index contributed by atoms with van der Waals surface area (Å²) in [5, 5.41) is 1.58. The minimum Gasteiger partial charge on any atom is -0.285 e. The van der Waals surface area contributed by atoms with Crippen LogP contribution in [0, 0.1) is 0 Å². The molecular formula is C22H36N2O. The number of carbonyl (C=O) groups excluding carboxylic acids is 1. The Kier molecular flexibility index (Phi) is 21.8. The van der Waals surface area contributed by atoms with Crippen molar-refractivity contribution in [3.05, 3.63) is 59.0 Å². The Morgan fingerprint density at radius 2 is 1.60 bits per heavy atom. The number of rotatable bonds is 4. The zero-order chi connectivity index (χ0) is 20.3. The van der Waals surface area contributed by atoms with Crippen LogP contribution >= 0.6 is 0 Å². The van der Waals surface area contributed by atoms with Gasteiger partial charge < -0.3 is 0 Å². The van der Waals surface area contributed by atoms with E-state index >= 15 is 0 Å². The summed E-state index contributed by atoms with van der Waals surface area (Å²) in [5.41, 5.74) is 0.588. The SMILES string of the molecule is C=C/C=c1/cnc(C(=O)C(/C=C\C)=C/C)n/c1=C/C.CC.CC.CC. The molecule has 1 aromatic rings. The van der Waals surface area contributed by atoms with E-state index in [4.69, 9.17) is 0 Å². The van der Waals surface area contributed by atoms with Gasteiger partial charge in [-0.15, -0.1) is 0 Å². The third kappa shape index (κ3) is 10.2. The molecule has 0 spiro atoms. The molecule has 1 heterocycles. The Morgan fingerprint density at radius 3 is 2.00 bits per heavy atom. The topological polar surface area (TPSA) is 42.9 Å². The van der Waals surface area contributed by atoms with Gasteiger partial charge >= 0.3 is 0 Å². The van der Waals surface area contributed by atoms with Gasteiger partial charge in [0.2, 0.25) is 11.6 Å². The Balaban J connectivity index is -0.000000725. The molecule has 0 N–H and O–H groups in total. The Morgan fingerprint density at radius 1 is 1.04 bits per heavy atom. The zero-order valence-corrected chi connectivity index (χ0v) is 17.6. The highest BCUT2D eigenvalue weighted by Gasteiger charge is 2.11. The van der Waals surface area contributed by atoms with Crippen LogP contribution in [0.4, 0.5) is 0 Å². The van der Waals surface area contributed by atoms with E-state index in [-0.39, 0.29) is 11.6 Å². The second-order valence-corrected chi connectivity index (χ2v) is 3.80. The van der Waals surface area contributed by atoms with E-state index in [0.717, 1.165) is 10.6 Å². The predicted molar refractivity (Wildman–Crippen MR) is 113 cm³/mol. The normalized spacial score (nSPS) is 11.5. The van der Waals surface area contributed by atoms with E-state index in [1.165, 1.54) is 0 Å². The van der Waals surface area contributed by atoms with E-state index in [0.29, 0.717) is 5.57 Å². The first kappa shape index (κ1) is 27.6. The average molecular weight is 345 g/mol. The van der Waals surface area contributed by atoms with Crippen LogP contribution in [0.3, 0.4) is 0 Å². The molecule has 3 nitrogen and oxygen atoms in total. The maximum Gasteiger partial charge on any atom is 0.229 e. The molecule has 0 amide bonds. The number of nitrogens with zero attached hydrogens (tertiary/aromatic N) is 2. The molecule has 25 heavy (non-hydrogen) atoms. The van der Waals surface area contributed by atoms with Crippen LogP contribution in [-0.4, -0.2) is 15.8 Å². The molecule has 1 rings (SSSR count). The number of hydrogen-bond donors (Lipinski definition) is 0. The van der Waals surface area contributed by atoms with Crippen molar-refractivity contribution in [2.75, 3.05) is 0 Å². The Hall–Kier alpha value is -2.29. The van der Waals surface area contributed by atoms with E-state index in [1.807, 2.05) is 80.5 Å². The van der Waals surface area contributed by atoms with E-state index in [9.17, 15) is 4.79 Å². The van der Waals surface area contributed by atoms with Crippen LogP contribution in [-0.2, 0) is 0 Å². The third-order valence-electron chi connectivity index (χ3n) is 2.54. The minimum absolute atomic E-state index is 0.172. The molecule has 140 valence electrons. The molecule has 0 aliphatic heterocycles. The summed E-state index contributed by atoms with van der Waals surface area (Å²) in [5.74, 6) is 0.0364. The summed E-state index contributed by atoms with van der Waals surface area (Å²) >= 11 is 0. The summed E-state index contributed by atoms with van der Waals surface area (Å²) in [4.78, 5) is 20.6. The number of carbonyl (C=O) groups is 1. The average Bonchev–Trinajstić information content (AvgIpc) is 2.70. The molecule has 0 unspecified atom stereocenters. The van der Waals surface area contributed by atoms with Crippen LogP contribution in [0.15, 0.2) is 42.7 Å². The molecule has 0 fully saturated rings. The summed E-state index contributed by atoms with van der Waals surface area (Å²) in [7, 11) is 0. The van der Waals surface area contributed by atoms with Crippen LogP contribution in [0.5, 0.6) is 0 Å². The van der Waals surface area contributed by atoms with Gasteiger partial charge in [0.05, 0.1) is 5.35 Å². The van der Waals surface area contributed by atoms with Gasteiger partial charge in [0, 0.05) is 17.0 Å². The first-order valence-corrected chi connectivity index (χ1v) is 9.13. The Bertz CT molecular complexity index is 653. The number of allylic oxidation sites excluding steroid dienone is 5. The first-order valence-electron chi connectivity index (χ1n) is 9.13. The maximum absolute atomic E-state index is 12.2. The van der Waals surface area contributed by atoms with E-state index in [2.05, 4.69) is 16.5 Å². The fourth-order valence-corrected chi connectivity index (χ4v) is 1.61. The highest BCUT2D eigenvalue weighted by atomic mass is 16.1. The van der Waals surface area contributed by atoms with Crippen LogP contribution < -0.4 is 10.6 Å². The van der Waals surface area contributed by atoms with Crippen molar-refractivity contribution in [1.29, 1.82) is 0 Å². The van der Waals surface area contributed by atoms with Crippen molar-refractivity contribution in [1.82, 2.24) is 9.97 Å².